The summed E-state index contributed by atoms with van der Waals surface area (Å²) in [5.74, 6) is 0. The molecule has 1 atom stereocenters. The molecule has 0 radical (unpaired) electrons. The molecule has 0 aliphatic carbocycles. The van der Waals surface area contributed by atoms with E-state index in [9.17, 15) is 10.2 Å². The first kappa shape index (κ1) is 15.7. The molecule has 0 aromatic heterocycles. The van der Waals surface area contributed by atoms with Gasteiger partial charge in [-0.05, 0) is 24.0 Å². The largest absolute Gasteiger partial charge is 0.396 e. The Morgan fingerprint density at radius 3 is 1.76 bits per heavy atom. The van der Waals surface area contributed by atoms with Gasteiger partial charge in [0.05, 0.1) is 6.10 Å². The van der Waals surface area contributed by atoms with Gasteiger partial charge in [0, 0.05) is 12.0 Å². The summed E-state index contributed by atoms with van der Waals surface area (Å²) in [4.78, 5) is 0. The summed E-state index contributed by atoms with van der Waals surface area (Å²) in [6.07, 6.45) is 1.62. The molecule has 21 heavy (non-hydrogen) atoms. The van der Waals surface area contributed by atoms with E-state index < -0.39 is 11.5 Å². The lowest BCUT2D eigenvalue weighted by molar-refractivity contribution is 0.0750. The van der Waals surface area contributed by atoms with Crippen molar-refractivity contribution in [3.63, 3.8) is 0 Å². The molecule has 0 heterocycles. The molecule has 2 N–H and O–H groups in total. The Bertz CT molecular complexity index is 482. The molecule has 2 nitrogen and oxygen atoms in total. The van der Waals surface area contributed by atoms with Gasteiger partial charge in [-0.1, -0.05) is 74.0 Å². The molecule has 0 amide bonds. The van der Waals surface area contributed by atoms with Crippen molar-refractivity contribution in [3.8, 4) is 0 Å². The number of aliphatic hydroxyl groups excluding tert-OH is 2. The fourth-order valence-corrected chi connectivity index (χ4v) is 3.17. The van der Waals surface area contributed by atoms with Crippen molar-refractivity contribution in [1.82, 2.24) is 0 Å². The Hall–Kier alpha value is -1.64. The van der Waals surface area contributed by atoms with Crippen molar-refractivity contribution in [1.29, 1.82) is 0 Å². The first-order valence-corrected chi connectivity index (χ1v) is 7.65. The Labute approximate surface area is 127 Å². The zero-order valence-electron chi connectivity index (χ0n) is 12.6. The van der Waals surface area contributed by atoms with Crippen molar-refractivity contribution >= 4 is 0 Å². The number of benzene rings is 2. The first-order chi connectivity index (χ1) is 10.3. The highest BCUT2D eigenvalue weighted by Gasteiger charge is 2.40. The Morgan fingerprint density at radius 1 is 0.905 bits per heavy atom. The molecular formula is C19H24O2. The zero-order chi connectivity index (χ0) is 15.1. The van der Waals surface area contributed by atoms with Gasteiger partial charge in [-0.15, -0.1) is 0 Å². The van der Waals surface area contributed by atoms with Crippen LogP contribution >= 0.6 is 0 Å². The smallest absolute Gasteiger partial charge is 0.0678 e. The van der Waals surface area contributed by atoms with Crippen molar-refractivity contribution in [2.24, 2.45) is 0 Å². The number of hydrogen-bond acceptors (Lipinski definition) is 2. The first-order valence-electron chi connectivity index (χ1n) is 7.65. The second-order valence-corrected chi connectivity index (χ2v) is 5.48. The van der Waals surface area contributed by atoms with Crippen LogP contribution in [-0.4, -0.2) is 22.9 Å². The molecule has 112 valence electrons. The van der Waals surface area contributed by atoms with Crippen LogP contribution in [-0.2, 0) is 5.41 Å². The number of rotatable bonds is 7. The van der Waals surface area contributed by atoms with E-state index >= 15 is 0 Å². The monoisotopic (exact) mass is 284 g/mol. The minimum atomic E-state index is -0.548. The fourth-order valence-electron chi connectivity index (χ4n) is 3.17. The summed E-state index contributed by atoms with van der Waals surface area (Å²) in [6.45, 7) is 2.12. The number of hydrogen-bond donors (Lipinski definition) is 2. The van der Waals surface area contributed by atoms with Crippen molar-refractivity contribution in [3.05, 3.63) is 71.8 Å². The SMILES string of the molecule is CCCC(O)C(CCO)(c1ccccc1)c1ccccc1. The van der Waals surface area contributed by atoms with Gasteiger partial charge in [-0.3, -0.25) is 0 Å². The summed E-state index contributed by atoms with van der Waals surface area (Å²) < 4.78 is 0. The molecule has 2 aromatic rings. The van der Waals surface area contributed by atoms with E-state index in [4.69, 9.17) is 0 Å². The van der Waals surface area contributed by atoms with Crippen LogP contribution in [0.3, 0.4) is 0 Å². The summed E-state index contributed by atoms with van der Waals surface area (Å²) >= 11 is 0. The topological polar surface area (TPSA) is 40.5 Å². The predicted octanol–water partition coefficient (Wildman–Crippen LogP) is 3.52. The molecular weight excluding hydrogens is 260 g/mol. The quantitative estimate of drug-likeness (QED) is 0.816. The lowest BCUT2D eigenvalue weighted by Gasteiger charge is -2.39. The minimum Gasteiger partial charge on any atom is -0.396 e. The van der Waals surface area contributed by atoms with Gasteiger partial charge >= 0.3 is 0 Å². The highest BCUT2D eigenvalue weighted by atomic mass is 16.3. The maximum atomic E-state index is 10.9. The van der Waals surface area contributed by atoms with E-state index in [1.54, 1.807) is 0 Å². The third-order valence-corrected chi connectivity index (χ3v) is 4.21. The molecule has 1 unspecified atom stereocenters. The van der Waals surface area contributed by atoms with Gasteiger partial charge in [0.15, 0.2) is 0 Å². The van der Waals surface area contributed by atoms with Gasteiger partial charge in [0.2, 0.25) is 0 Å². The van der Waals surface area contributed by atoms with E-state index in [0.29, 0.717) is 12.8 Å². The Kier molecular flexibility index (Phi) is 5.54. The second-order valence-electron chi connectivity index (χ2n) is 5.48. The standard InChI is InChI=1S/C19H24O2/c1-2-9-18(21)19(14-15-20,16-10-5-3-6-11-16)17-12-7-4-8-13-17/h3-8,10-13,18,20-21H,2,9,14-15H2,1H3. The normalized spacial score (nSPS) is 13.1. The molecule has 0 saturated carbocycles. The summed E-state index contributed by atoms with van der Waals surface area (Å²) in [7, 11) is 0. The Balaban J connectivity index is 2.60. The number of aliphatic hydroxyl groups is 2. The lowest BCUT2D eigenvalue weighted by Crippen LogP contribution is -2.41. The molecule has 0 bridgehead atoms. The van der Waals surface area contributed by atoms with Gasteiger partial charge in [0.25, 0.3) is 0 Å². The fraction of sp³-hybridized carbons (Fsp3) is 0.368. The third-order valence-electron chi connectivity index (χ3n) is 4.21. The summed E-state index contributed by atoms with van der Waals surface area (Å²) in [6, 6.07) is 20.1. The average Bonchev–Trinajstić information content (AvgIpc) is 2.54. The van der Waals surface area contributed by atoms with Gasteiger partial charge in [-0.2, -0.15) is 0 Å². The maximum Gasteiger partial charge on any atom is 0.0678 e. The molecule has 0 spiro atoms. The van der Waals surface area contributed by atoms with E-state index in [0.717, 1.165) is 17.5 Å². The van der Waals surface area contributed by atoms with Crippen LogP contribution in [0.5, 0.6) is 0 Å². The zero-order valence-corrected chi connectivity index (χ0v) is 12.6. The minimum absolute atomic E-state index is 0.0462. The van der Waals surface area contributed by atoms with Crippen molar-refractivity contribution in [2.75, 3.05) is 6.61 Å². The van der Waals surface area contributed by atoms with Crippen LogP contribution in [0.15, 0.2) is 60.7 Å². The van der Waals surface area contributed by atoms with Crippen LogP contribution < -0.4 is 0 Å². The average molecular weight is 284 g/mol. The van der Waals surface area contributed by atoms with Crippen LogP contribution in [0.2, 0.25) is 0 Å². The van der Waals surface area contributed by atoms with Gasteiger partial charge in [-0.25, -0.2) is 0 Å². The predicted molar refractivity (Wildman–Crippen MR) is 86.3 cm³/mol. The molecule has 2 rings (SSSR count). The molecule has 0 aliphatic heterocycles. The van der Waals surface area contributed by atoms with Crippen LogP contribution in [0.4, 0.5) is 0 Å². The highest BCUT2D eigenvalue weighted by Crippen LogP contribution is 2.40. The van der Waals surface area contributed by atoms with E-state index in [1.165, 1.54) is 0 Å². The molecule has 0 fully saturated rings. The highest BCUT2D eigenvalue weighted by molar-refractivity contribution is 5.41. The Morgan fingerprint density at radius 2 is 1.38 bits per heavy atom. The van der Waals surface area contributed by atoms with Crippen molar-refractivity contribution < 1.29 is 10.2 Å². The molecule has 2 aromatic carbocycles. The maximum absolute atomic E-state index is 10.9. The lowest BCUT2D eigenvalue weighted by atomic mass is 9.67. The second kappa shape index (κ2) is 7.39. The van der Waals surface area contributed by atoms with Gasteiger partial charge in [0.1, 0.15) is 0 Å². The van der Waals surface area contributed by atoms with Crippen molar-refractivity contribution in [2.45, 2.75) is 37.7 Å². The molecule has 2 heteroatoms. The van der Waals surface area contributed by atoms with Crippen LogP contribution in [0.1, 0.15) is 37.3 Å². The van der Waals surface area contributed by atoms with E-state index in [-0.39, 0.29) is 6.61 Å². The summed E-state index contributed by atoms with van der Waals surface area (Å²) in [5, 5.41) is 20.5. The molecule has 0 aliphatic rings. The van der Waals surface area contributed by atoms with E-state index in [2.05, 4.69) is 6.92 Å². The van der Waals surface area contributed by atoms with Crippen LogP contribution in [0, 0.1) is 0 Å². The van der Waals surface area contributed by atoms with Crippen LogP contribution in [0.25, 0.3) is 0 Å². The molecule has 0 saturated heterocycles. The third kappa shape index (κ3) is 3.17. The van der Waals surface area contributed by atoms with E-state index in [1.807, 2.05) is 60.7 Å². The summed E-state index contributed by atoms with van der Waals surface area (Å²) in [5.41, 5.74) is 1.57. The van der Waals surface area contributed by atoms with Gasteiger partial charge < -0.3 is 10.2 Å².